The predicted octanol–water partition coefficient (Wildman–Crippen LogP) is 3.50. The molecule has 120 valence electrons. The smallest absolute Gasteiger partial charge is 0.343 e. The fourth-order valence-electron chi connectivity index (χ4n) is 2.73. The van der Waals surface area contributed by atoms with Gasteiger partial charge in [-0.25, -0.2) is 9.48 Å². The number of nitrogens with zero attached hydrogens (tertiary/aromatic N) is 2. The van der Waals surface area contributed by atoms with Crippen molar-refractivity contribution in [3.63, 3.8) is 0 Å². The van der Waals surface area contributed by atoms with Gasteiger partial charge in [0.15, 0.2) is 11.9 Å². The van der Waals surface area contributed by atoms with E-state index >= 15 is 0 Å². The van der Waals surface area contributed by atoms with E-state index in [1.54, 1.807) is 6.92 Å². The van der Waals surface area contributed by atoms with E-state index in [9.17, 15) is 9.59 Å². The minimum Gasteiger partial charge on any atom is -0.451 e. The van der Waals surface area contributed by atoms with Crippen LogP contribution in [0.3, 0.4) is 0 Å². The van der Waals surface area contributed by atoms with E-state index in [2.05, 4.69) is 5.10 Å². The molecule has 0 saturated heterocycles. The second-order valence-corrected chi connectivity index (χ2v) is 5.96. The number of benzene rings is 1. The predicted molar refractivity (Wildman–Crippen MR) is 86.0 cm³/mol. The Morgan fingerprint density at radius 3 is 2.74 bits per heavy atom. The van der Waals surface area contributed by atoms with Crippen LogP contribution in [0, 0.1) is 6.92 Å². The first-order valence-corrected chi connectivity index (χ1v) is 8.00. The van der Waals surface area contributed by atoms with Crippen molar-refractivity contribution >= 4 is 23.4 Å². The number of halogens is 1. The SMILES string of the molecule is Cc1nn(-c2ccccc2)c(Cl)c1C(=O)O[C@@H]1CCCCC1=O. The van der Waals surface area contributed by atoms with Crippen LogP contribution >= 0.6 is 11.6 Å². The third kappa shape index (κ3) is 3.15. The van der Waals surface area contributed by atoms with E-state index in [0.717, 1.165) is 18.5 Å². The highest BCUT2D eigenvalue weighted by atomic mass is 35.5. The van der Waals surface area contributed by atoms with Crippen LogP contribution in [0.15, 0.2) is 30.3 Å². The molecule has 1 aliphatic carbocycles. The number of aromatic nitrogens is 2. The summed E-state index contributed by atoms with van der Waals surface area (Å²) in [4.78, 5) is 24.3. The molecule has 1 aliphatic rings. The molecule has 0 bridgehead atoms. The summed E-state index contributed by atoms with van der Waals surface area (Å²) in [6.07, 6.45) is 2.13. The van der Waals surface area contributed by atoms with Crippen molar-refractivity contribution in [1.82, 2.24) is 9.78 Å². The quantitative estimate of drug-likeness (QED) is 0.807. The van der Waals surface area contributed by atoms with Crippen LogP contribution in [0.5, 0.6) is 0 Å². The molecule has 1 fully saturated rings. The largest absolute Gasteiger partial charge is 0.451 e. The lowest BCUT2D eigenvalue weighted by Gasteiger charge is -2.20. The van der Waals surface area contributed by atoms with Crippen LogP contribution in [-0.2, 0) is 9.53 Å². The lowest BCUT2D eigenvalue weighted by Crippen LogP contribution is -2.30. The number of para-hydroxylation sites is 1. The van der Waals surface area contributed by atoms with E-state index in [4.69, 9.17) is 16.3 Å². The summed E-state index contributed by atoms with van der Waals surface area (Å²) < 4.78 is 6.87. The Morgan fingerprint density at radius 1 is 1.30 bits per heavy atom. The lowest BCUT2D eigenvalue weighted by atomic mass is 9.96. The van der Waals surface area contributed by atoms with E-state index in [1.165, 1.54) is 4.68 Å². The molecule has 2 aromatic rings. The summed E-state index contributed by atoms with van der Waals surface area (Å²) in [5.74, 6) is -0.608. The fourth-order valence-corrected chi connectivity index (χ4v) is 3.08. The number of rotatable bonds is 3. The molecule has 0 amide bonds. The van der Waals surface area contributed by atoms with Crippen molar-refractivity contribution < 1.29 is 14.3 Å². The van der Waals surface area contributed by atoms with Gasteiger partial charge < -0.3 is 4.74 Å². The normalized spacial score (nSPS) is 18.0. The van der Waals surface area contributed by atoms with Gasteiger partial charge in [0, 0.05) is 6.42 Å². The molecule has 23 heavy (non-hydrogen) atoms. The highest BCUT2D eigenvalue weighted by Gasteiger charge is 2.29. The van der Waals surface area contributed by atoms with Gasteiger partial charge in [-0.1, -0.05) is 29.8 Å². The van der Waals surface area contributed by atoms with Gasteiger partial charge in [0.05, 0.1) is 11.4 Å². The molecule has 0 N–H and O–H groups in total. The Kier molecular flexibility index (Phi) is 4.48. The molecule has 6 heteroatoms. The van der Waals surface area contributed by atoms with Crippen molar-refractivity contribution in [2.75, 3.05) is 0 Å². The number of carbonyl (C=O) groups excluding carboxylic acids is 2. The second kappa shape index (κ2) is 6.54. The molecular weight excluding hydrogens is 316 g/mol. The zero-order valence-electron chi connectivity index (χ0n) is 12.8. The molecule has 0 radical (unpaired) electrons. The topological polar surface area (TPSA) is 61.2 Å². The van der Waals surface area contributed by atoms with E-state index in [-0.39, 0.29) is 16.5 Å². The van der Waals surface area contributed by atoms with Crippen LogP contribution in [0.2, 0.25) is 5.15 Å². The molecule has 3 rings (SSSR count). The minimum atomic E-state index is -0.660. The van der Waals surface area contributed by atoms with E-state index in [0.29, 0.717) is 18.5 Å². The molecule has 1 aromatic carbocycles. The van der Waals surface area contributed by atoms with Crippen molar-refractivity contribution in [3.8, 4) is 5.69 Å². The van der Waals surface area contributed by atoms with Gasteiger partial charge in [-0.3, -0.25) is 4.79 Å². The molecule has 5 nitrogen and oxygen atoms in total. The number of hydrogen-bond donors (Lipinski definition) is 0. The van der Waals surface area contributed by atoms with Gasteiger partial charge >= 0.3 is 5.97 Å². The van der Waals surface area contributed by atoms with Crippen molar-refractivity contribution in [2.24, 2.45) is 0 Å². The highest BCUT2D eigenvalue weighted by Crippen LogP contribution is 2.26. The third-order valence-electron chi connectivity index (χ3n) is 3.96. The summed E-state index contributed by atoms with van der Waals surface area (Å²) >= 11 is 6.33. The third-order valence-corrected chi connectivity index (χ3v) is 4.31. The first-order chi connectivity index (χ1) is 11.1. The number of ether oxygens (including phenoxy) is 1. The minimum absolute atomic E-state index is 0.0196. The molecule has 0 spiro atoms. The molecule has 1 aromatic heterocycles. The van der Waals surface area contributed by atoms with Gasteiger partial charge in [0.2, 0.25) is 0 Å². The summed E-state index contributed by atoms with van der Waals surface area (Å²) in [6, 6.07) is 9.30. The van der Waals surface area contributed by atoms with Crippen molar-refractivity contribution in [1.29, 1.82) is 0 Å². The highest BCUT2D eigenvalue weighted by molar-refractivity contribution is 6.33. The first-order valence-electron chi connectivity index (χ1n) is 7.62. The first kappa shape index (κ1) is 15.7. The number of ketones is 1. The average molecular weight is 333 g/mol. The van der Waals surface area contributed by atoms with E-state index < -0.39 is 12.1 Å². The maximum Gasteiger partial charge on any atom is 0.343 e. The van der Waals surface area contributed by atoms with Gasteiger partial charge in [-0.2, -0.15) is 5.10 Å². The number of Topliss-reactive ketones (excluding diaryl/α,β-unsaturated/α-hetero) is 1. The maximum atomic E-state index is 12.4. The fraction of sp³-hybridized carbons (Fsp3) is 0.353. The molecule has 1 atom stereocenters. The number of hydrogen-bond acceptors (Lipinski definition) is 4. The van der Waals surface area contributed by atoms with Gasteiger partial charge in [-0.15, -0.1) is 0 Å². The zero-order chi connectivity index (χ0) is 16.4. The molecule has 0 unspecified atom stereocenters. The van der Waals surface area contributed by atoms with Crippen molar-refractivity contribution in [2.45, 2.75) is 38.7 Å². The zero-order valence-corrected chi connectivity index (χ0v) is 13.5. The molecule has 0 aliphatic heterocycles. The average Bonchev–Trinajstić information content (AvgIpc) is 2.85. The van der Waals surface area contributed by atoms with E-state index in [1.807, 2.05) is 30.3 Å². The summed E-state index contributed by atoms with van der Waals surface area (Å²) in [5, 5.41) is 4.51. The lowest BCUT2D eigenvalue weighted by molar-refractivity contribution is -0.129. The molecular formula is C17H17ClN2O3. The van der Waals surface area contributed by atoms with Crippen LogP contribution in [0.4, 0.5) is 0 Å². The number of aryl methyl sites for hydroxylation is 1. The summed E-state index contributed by atoms with van der Waals surface area (Å²) in [6.45, 7) is 1.70. The Balaban J connectivity index is 1.86. The molecule has 1 saturated carbocycles. The van der Waals surface area contributed by atoms with Gasteiger partial charge in [0.25, 0.3) is 0 Å². The van der Waals surface area contributed by atoms with Gasteiger partial charge in [0.1, 0.15) is 10.7 Å². The van der Waals surface area contributed by atoms with Crippen LogP contribution in [-0.4, -0.2) is 27.6 Å². The maximum absolute atomic E-state index is 12.4. The summed E-state index contributed by atoms with van der Waals surface area (Å²) in [7, 11) is 0. The standard InChI is InChI=1S/C17H17ClN2O3/c1-11-15(17(22)23-14-10-6-5-9-13(14)21)16(18)20(19-11)12-7-3-2-4-8-12/h2-4,7-8,14H,5-6,9-10H2,1H3/t14-/m1/s1. The Labute approximate surface area is 139 Å². The van der Waals surface area contributed by atoms with Crippen LogP contribution < -0.4 is 0 Å². The Bertz CT molecular complexity index is 740. The Morgan fingerprint density at radius 2 is 2.04 bits per heavy atom. The van der Waals surface area contributed by atoms with Crippen LogP contribution in [0.1, 0.15) is 41.7 Å². The van der Waals surface area contributed by atoms with Crippen molar-refractivity contribution in [3.05, 3.63) is 46.7 Å². The van der Waals surface area contributed by atoms with Gasteiger partial charge in [-0.05, 0) is 38.3 Å². The monoisotopic (exact) mass is 332 g/mol. The molecule has 1 heterocycles. The van der Waals surface area contributed by atoms with Crippen LogP contribution in [0.25, 0.3) is 5.69 Å². The number of esters is 1. The number of carbonyl (C=O) groups is 2. The second-order valence-electron chi connectivity index (χ2n) is 5.60. The summed E-state index contributed by atoms with van der Waals surface area (Å²) in [5.41, 5.74) is 1.45. The Hall–Kier alpha value is -2.14.